The Kier molecular flexibility index (Phi) is 5.24. The standard InChI is InChI=1S/C19H24O4/c1-13(2)18(21)22-16-10-15(14(3)20)11-17(12-16)23-19(4)8-6-5-7-9-19/h10-12H,1,5-9H2,2-4H3. The number of carbonyl (C=O) groups excluding carboxylic acids is 2. The molecule has 4 heteroatoms. The molecule has 0 saturated heterocycles. The highest BCUT2D eigenvalue weighted by molar-refractivity contribution is 5.95. The fourth-order valence-electron chi connectivity index (χ4n) is 2.77. The third kappa shape index (κ3) is 4.68. The molecule has 0 aliphatic heterocycles. The number of Topliss-reactive ketones (excluding diaryl/α,β-unsaturated/α-hetero) is 1. The molecule has 0 amide bonds. The van der Waals surface area contributed by atoms with Gasteiger partial charge in [0, 0.05) is 17.2 Å². The quantitative estimate of drug-likeness (QED) is 0.348. The molecule has 124 valence electrons. The Labute approximate surface area is 137 Å². The van der Waals surface area contributed by atoms with Gasteiger partial charge in [0.25, 0.3) is 0 Å². The van der Waals surface area contributed by atoms with Crippen molar-refractivity contribution < 1.29 is 19.1 Å². The third-order valence-electron chi connectivity index (χ3n) is 4.12. The highest BCUT2D eigenvalue weighted by Crippen LogP contribution is 2.34. The monoisotopic (exact) mass is 316 g/mol. The summed E-state index contributed by atoms with van der Waals surface area (Å²) in [6, 6.07) is 4.92. The van der Waals surface area contributed by atoms with E-state index >= 15 is 0 Å². The highest BCUT2D eigenvalue weighted by atomic mass is 16.5. The van der Waals surface area contributed by atoms with E-state index in [-0.39, 0.29) is 11.4 Å². The second kappa shape index (κ2) is 6.99. The van der Waals surface area contributed by atoms with Gasteiger partial charge in [-0.15, -0.1) is 0 Å². The molecule has 1 aromatic carbocycles. The summed E-state index contributed by atoms with van der Waals surface area (Å²) >= 11 is 0. The van der Waals surface area contributed by atoms with Crippen molar-refractivity contribution in [1.82, 2.24) is 0 Å². The lowest BCUT2D eigenvalue weighted by atomic mass is 9.86. The molecule has 1 aromatic rings. The first-order valence-electron chi connectivity index (χ1n) is 8.02. The Balaban J connectivity index is 2.27. The summed E-state index contributed by atoms with van der Waals surface area (Å²) in [6.45, 7) is 8.71. The van der Waals surface area contributed by atoms with Gasteiger partial charge in [-0.2, -0.15) is 0 Å². The van der Waals surface area contributed by atoms with Crippen molar-refractivity contribution in [2.75, 3.05) is 0 Å². The van der Waals surface area contributed by atoms with Crippen LogP contribution in [0.4, 0.5) is 0 Å². The molecular weight excluding hydrogens is 292 g/mol. The van der Waals surface area contributed by atoms with Gasteiger partial charge >= 0.3 is 5.97 Å². The smallest absolute Gasteiger partial charge is 0.338 e. The Hall–Kier alpha value is -2.10. The van der Waals surface area contributed by atoms with Crippen LogP contribution in [0, 0.1) is 0 Å². The Morgan fingerprint density at radius 3 is 2.22 bits per heavy atom. The second-order valence-corrected chi connectivity index (χ2v) is 6.53. The molecule has 4 nitrogen and oxygen atoms in total. The number of benzene rings is 1. The number of ether oxygens (including phenoxy) is 2. The van der Waals surface area contributed by atoms with E-state index in [0.717, 1.165) is 25.7 Å². The van der Waals surface area contributed by atoms with Crippen molar-refractivity contribution in [3.63, 3.8) is 0 Å². The summed E-state index contributed by atoms with van der Waals surface area (Å²) in [6.07, 6.45) is 5.48. The zero-order valence-electron chi connectivity index (χ0n) is 14.1. The third-order valence-corrected chi connectivity index (χ3v) is 4.12. The van der Waals surface area contributed by atoms with Crippen molar-refractivity contribution in [3.8, 4) is 11.5 Å². The number of hydrogen-bond acceptors (Lipinski definition) is 4. The summed E-state index contributed by atoms with van der Waals surface area (Å²) in [7, 11) is 0. The topological polar surface area (TPSA) is 52.6 Å². The number of hydrogen-bond donors (Lipinski definition) is 0. The molecule has 0 N–H and O–H groups in total. The second-order valence-electron chi connectivity index (χ2n) is 6.53. The van der Waals surface area contributed by atoms with E-state index in [1.807, 2.05) is 0 Å². The van der Waals surface area contributed by atoms with Crippen LogP contribution in [-0.4, -0.2) is 17.4 Å². The first kappa shape index (κ1) is 17.3. The SMILES string of the molecule is C=C(C)C(=O)Oc1cc(OC2(C)CCCCC2)cc(C(C)=O)c1. The molecule has 0 spiro atoms. The molecule has 0 bridgehead atoms. The zero-order chi connectivity index (χ0) is 17.0. The van der Waals surface area contributed by atoms with Crippen LogP contribution in [0.15, 0.2) is 30.4 Å². The van der Waals surface area contributed by atoms with E-state index in [1.165, 1.54) is 13.3 Å². The normalized spacial score (nSPS) is 16.5. The summed E-state index contributed by atoms with van der Waals surface area (Å²) in [5.41, 5.74) is 0.537. The van der Waals surface area contributed by atoms with Crippen LogP contribution in [0.1, 0.15) is 63.2 Å². The van der Waals surface area contributed by atoms with E-state index in [4.69, 9.17) is 9.47 Å². The Morgan fingerprint density at radius 2 is 1.65 bits per heavy atom. The minimum atomic E-state index is -0.513. The molecule has 1 saturated carbocycles. The molecule has 0 aromatic heterocycles. The van der Waals surface area contributed by atoms with E-state index in [2.05, 4.69) is 13.5 Å². The molecule has 1 aliphatic rings. The van der Waals surface area contributed by atoms with Crippen LogP contribution in [0.3, 0.4) is 0 Å². The van der Waals surface area contributed by atoms with Gasteiger partial charge < -0.3 is 9.47 Å². The van der Waals surface area contributed by atoms with Gasteiger partial charge in [0.2, 0.25) is 0 Å². The average molecular weight is 316 g/mol. The van der Waals surface area contributed by atoms with E-state index in [1.54, 1.807) is 25.1 Å². The van der Waals surface area contributed by atoms with Gasteiger partial charge in [-0.05, 0) is 58.6 Å². The van der Waals surface area contributed by atoms with Gasteiger partial charge in [-0.3, -0.25) is 4.79 Å². The van der Waals surface area contributed by atoms with Crippen LogP contribution < -0.4 is 9.47 Å². The molecule has 2 rings (SSSR count). The largest absolute Gasteiger partial charge is 0.487 e. The first-order valence-corrected chi connectivity index (χ1v) is 8.02. The number of rotatable bonds is 5. The fraction of sp³-hybridized carbons (Fsp3) is 0.474. The summed E-state index contributed by atoms with van der Waals surface area (Å²) in [5, 5.41) is 0. The maximum Gasteiger partial charge on any atom is 0.338 e. The molecule has 1 fully saturated rings. The van der Waals surface area contributed by atoms with Gasteiger partial charge in [0.05, 0.1) is 0 Å². The van der Waals surface area contributed by atoms with Crippen molar-refractivity contribution >= 4 is 11.8 Å². The van der Waals surface area contributed by atoms with E-state index < -0.39 is 5.97 Å². The number of carbonyl (C=O) groups is 2. The average Bonchev–Trinajstić information content (AvgIpc) is 2.46. The number of ketones is 1. The van der Waals surface area contributed by atoms with E-state index in [9.17, 15) is 9.59 Å². The van der Waals surface area contributed by atoms with Gasteiger partial charge in [-0.25, -0.2) is 4.79 Å². The summed E-state index contributed by atoms with van der Waals surface area (Å²) in [5.74, 6) is 0.254. The lowest BCUT2D eigenvalue weighted by Crippen LogP contribution is -2.34. The molecule has 0 unspecified atom stereocenters. The lowest BCUT2D eigenvalue weighted by Gasteiger charge is -2.34. The van der Waals surface area contributed by atoms with Gasteiger partial charge in [0.15, 0.2) is 5.78 Å². The summed E-state index contributed by atoms with van der Waals surface area (Å²) < 4.78 is 11.4. The van der Waals surface area contributed by atoms with Crippen LogP contribution in [-0.2, 0) is 4.79 Å². The van der Waals surface area contributed by atoms with E-state index in [0.29, 0.717) is 22.6 Å². The van der Waals surface area contributed by atoms with Crippen molar-refractivity contribution in [2.24, 2.45) is 0 Å². The maximum absolute atomic E-state index is 11.7. The van der Waals surface area contributed by atoms with Gasteiger partial charge in [0.1, 0.15) is 17.1 Å². The zero-order valence-corrected chi connectivity index (χ0v) is 14.1. The minimum Gasteiger partial charge on any atom is -0.487 e. The predicted molar refractivity (Wildman–Crippen MR) is 89.0 cm³/mol. The molecule has 1 aliphatic carbocycles. The molecule has 0 atom stereocenters. The van der Waals surface area contributed by atoms with Crippen molar-refractivity contribution in [1.29, 1.82) is 0 Å². The first-order chi connectivity index (χ1) is 10.8. The van der Waals surface area contributed by atoms with Crippen LogP contribution in [0.5, 0.6) is 11.5 Å². The molecular formula is C19H24O4. The Bertz CT molecular complexity index is 624. The highest BCUT2D eigenvalue weighted by Gasteiger charge is 2.29. The van der Waals surface area contributed by atoms with Crippen LogP contribution in [0.25, 0.3) is 0 Å². The summed E-state index contributed by atoms with van der Waals surface area (Å²) in [4.78, 5) is 23.4. The molecule has 0 radical (unpaired) electrons. The van der Waals surface area contributed by atoms with Crippen molar-refractivity contribution in [3.05, 3.63) is 35.9 Å². The van der Waals surface area contributed by atoms with Gasteiger partial charge in [-0.1, -0.05) is 13.0 Å². The minimum absolute atomic E-state index is 0.100. The lowest BCUT2D eigenvalue weighted by molar-refractivity contribution is -0.130. The van der Waals surface area contributed by atoms with Crippen molar-refractivity contribution in [2.45, 2.75) is 58.5 Å². The fourth-order valence-corrected chi connectivity index (χ4v) is 2.77. The van der Waals surface area contributed by atoms with Crippen LogP contribution in [0.2, 0.25) is 0 Å². The Morgan fingerprint density at radius 1 is 1.04 bits per heavy atom. The predicted octanol–water partition coefficient (Wildman–Crippen LogP) is 4.47. The maximum atomic E-state index is 11.7. The number of esters is 1. The molecule has 0 heterocycles. The molecule has 23 heavy (non-hydrogen) atoms. The van der Waals surface area contributed by atoms with Crippen LogP contribution >= 0.6 is 0 Å².